The highest BCUT2D eigenvalue weighted by Crippen LogP contribution is 2.34. The second-order valence-electron chi connectivity index (χ2n) is 0.947. The molecule has 0 unspecified atom stereocenters. The van der Waals surface area contributed by atoms with E-state index in [9.17, 15) is 0 Å². The fourth-order valence-electron chi connectivity index (χ4n) is 0.189. The van der Waals surface area contributed by atoms with Crippen LogP contribution in [0.2, 0.25) is 0 Å². The Morgan fingerprint density at radius 1 is 1.71 bits per heavy atom. The lowest BCUT2D eigenvalue weighted by Gasteiger charge is -1.83. The maximum absolute atomic E-state index is 5.46. The van der Waals surface area contributed by atoms with Gasteiger partial charge in [-0.05, 0) is 10.8 Å². The number of nitrogens with two attached hydrogens (primary N) is 1. The van der Waals surface area contributed by atoms with Crippen molar-refractivity contribution in [1.82, 2.24) is 4.72 Å². The van der Waals surface area contributed by atoms with Crippen LogP contribution in [-0.4, -0.2) is 0 Å². The lowest BCUT2D eigenvalue weighted by Crippen LogP contribution is -1.94. The van der Waals surface area contributed by atoms with E-state index in [1.165, 1.54) is 21.8 Å². The molecule has 0 aromatic carbocycles. The number of hydrogen-bond acceptors (Lipinski definition) is 4. The maximum Gasteiger partial charge on any atom is 0.143 e. The average molecular weight is 155 g/mol. The van der Waals surface area contributed by atoms with Gasteiger partial charge in [0.2, 0.25) is 0 Å². The van der Waals surface area contributed by atoms with Crippen LogP contribution in [0.3, 0.4) is 0 Å². The zero-order chi connectivity index (χ0) is 5.28. The molecule has 0 radical (unpaired) electrons. The Labute approximate surface area is 54.4 Å². The van der Waals surface area contributed by atoms with Crippen LogP contribution >= 0.6 is 33.4 Å². The van der Waals surface area contributed by atoms with Crippen molar-refractivity contribution in [3.63, 3.8) is 0 Å². The first-order chi connectivity index (χ1) is 3.30. The van der Waals surface area contributed by atoms with Gasteiger partial charge in [0.25, 0.3) is 0 Å². The molecule has 0 bridgehead atoms. The van der Waals surface area contributed by atoms with Crippen molar-refractivity contribution >= 4 is 33.4 Å². The Hall–Kier alpha value is 0.330. The monoisotopic (exact) mass is 154 g/mol. The summed E-state index contributed by atoms with van der Waals surface area (Å²) in [5.41, 5.74) is 5.31. The van der Waals surface area contributed by atoms with Crippen LogP contribution in [0.25, 0.3) is 0 Å². The van der Waals surface area contributed by atoms with Crippen molar-refractivity contribution in [3.05, 3.63) is 10.2 Å². The molecular weight excluding hydrogens is 152 g/mol. The fourth-order valence-corrected chi connectivity index (χ4v) is 2.09. The highest BCUT2D eigenvalue weighted by molar-refractivity contribution is 8.77. The van der Waals surface area contributed by atoms with Crippen molar-refractivity contribution in [2.45, 2.75) is 0 Å². The van der Waals surface area contributed by atoms with Gasteiger partial charge in [-0.3, -0.25) is 0 Å². The summed E-state index contributed by atoms with van der Waals surface area (Å²) in [6, 6.07) is 0. The first kappa shape index (κ1) is 5.47. The molecule has 0 fully saturated rings. The summed E-state index contributed by atoms with van der Waals surface area (Å²) >= 11 is 5.46. The van der Waals surface area contributed by atoms with E-state index in [1.54, 1.807) is 0 Å². The van der Waals surface area contributed by atoms with E-state index in [0.29, 0.717) is 10.2 Å². The van der Waals surface area contributed by atoms with E-state index >= 15 is 0 Å². The predicted octanol–water partition coefficient (Wildman–Crippen LogP) is 1.21. The Morgan fingerprint density at radius 2 is 2.43 bits per heavy atom. The van der Waals surface area contributed by atoms with E-state index in [0.717, 1.165) is 0 Å². The van der Waals surface area contributed by atoms with Gasteiger partial charge in [0.05, 0.1) is 0 Å². The number of halogens is 1. The average Bonchev–Trinajstić information content (AvgIpc) is 1.91. The molecule has 0 atom stereocenters. The van der Waals surface area contributed by atoms with Gasteiger partial charge in [-0.2, -0.15) is 0 Å². The van der Waals surface area contributed by atoms with Gasteiger partial charge in [-0.25, -0.2) is 0 Å². The molecule has 5 heteroatoms. The third kappa shape index (κ3) is 1.11. The van der Waals surface area contributed by atoms with E-state index in [2.05, 4.69) is 4.72 Å². The molecule has 1 heterocycles. The maximum atomic E-state index is 5.46. The lowest BCUT2D eigenvalue weighted by molar-refractivity contribution is 1.33. The summed E-state index contributed by atoms with van der Waals surface area (Å²) in [6.07, 6.45) is 0. The van der Waals surface area contributed by atoms with Gasteiger partial charge < -0.3 is 10.5 Å². The van der Waals surface area contributed by atoms with Crippen molar-refractivity contribution in [2.24, 2.45) is 5.73 Å². The van der Waals surface area contributed by atoms with Crippen LogP contribution in [0.5, 0.6) is 0 Å². The third-order valence-corrected chi connectivity index (χ3v) is 2.79. The first-order valence-corrected chi connectivity index (χ1v) is 4.08. The molecule has 0 aromatic heterocycles. The zero-order valence-electron chi connectivity index (χ0n) is 3.27. The van der Waals surface area contributed by atoms with Gasteiger partial charge in [0, 0.05) is 11.0 Å². The standard InChI is InChI=1S/C2H3ClN2S2/c3-1-2(4)6-7-5-1/h5H,4H2. The lowest BCUT2D eigenvalue weighted by atomic mass is 10.9. The molecule has 1 aliphatic rings. The summed E-state index contributed by atoms with van der Waals surface area (Å²) in [5.74, 6) is 0. The molecule has 7 heavy (non-hydrogen) atoms. The first-order valence-electron chi connectivity index (χ1n) is 1.55. The van der Waals surface area contributed by atoms with Crippen LogP contribution in [0.15, 0.2) is 10.2 Å². The fraction of sp³-hybridized carbons (Fsp3) is 0. The predicted molar refractivity (Wildman–Crippen MR) is 35.4 cm³/mol. The zero-order valence-corrected chi connectivity index (χ0v) is 5.66. The Balaban J connectivity index is 2.64. The summed E-state index contributed by atoms with van der Waals surface area (Å²) < 4.78 is 2.77. The Morgan fingerprint density at radius 3 is 2.57 bits per heavy atom. The van der Waals surface area contributed by atoms with Crippen LogP contribution in [-0.2, 0) is 0 Å². The van der Waals surface area contributed by atoms with E-state index in [-0.39, 0.29) is 0 Å². The van der Waals surface area contributed by atoms with Gasteiger partial charge in [0.15, 0.2) is 0 Å². The second kappa shape index (κ2) is 2.07. The second-order valence-corrected chi connectivity index (χ2v) is 3.30. The van der Waals surface area contributed by atoms with E-state index < -0.39 is 0 Å². The number of hydrogen-bond donors (Lipinski definition) is 2. The van der Waals surface area contributed by atoms with E-state index in [4.69, 9.17) is 17.3 Å². The molecule has 0 aliphatic carbocycles. The minimum atomic E-state index is 0.551. The van der Waals surface area contributed by atoms with Crippen molar-refractivity contribution in [1.29, 1.82) is 0 Å². The summed E-state index contributed by atoms with van der Waals surface area (Å²) in [6.45, 7) is 0. The van der Waals surface area contributed by atoms with E-state index in [1.807, 2.05) is 0 Å². The van der Waals surface area contributed by atoms with Gasteiger partial charge in [-0.15, -0.1) is 0 Å². The molecule has 0 saturated carbocycles. The van der Waals surface area contributed by atoms with Crippen molar-refractivity contribution in [3.8, 4) is 0 Å². The molecule has 0 amide bonds. The minimum Gasteiger partial charge on any atom is -0.390 e. The quantitative estimate of drug-likeness (QED) is 0.313. The smallest absolute Gasteiger partial charge is 0.143 e. The Kier molecular flexibility index (Phi) is 1.61. The molecule has 3 N–H and O–H groups in total. The Bertz CT molecular complexity index is 100. The topological polar surface area (TPSA) is 38.0 Å². The van der Waals surface area contributed by atoms with Crippen LogP contribution in [0.1, 0.15) is 0 Å². The van der Waals surface area contributed by atoms with Gasteiger partial charge in [0.1, 0.15) is 10.2 Å². The summed E-state index contributed by atoms with van der Waals surface area (Å²) in [4.78, 5) is 0. The number of nitrogens with one attached hydrogen (secondary N) is 1. The molecule has 1 aliphatic heterocycles. The van der Waals surface area contributed by atoms with Crippen molar-refractivity contribution < 1.29 is 0 Å². The largest absolute Gasteiger partial charge is 0.390 e. The van der Waals surface area contributed by atoms with Crippen LogP contribution in [0, 0.1) is 0 Å². The summed E-state index contributed by atoms with van der Waals surface area (Å²) in [5, 5.41) is 1.21. The summed E-state index contributed by atoms with van der Waals surface area (Å²) in [7, 11) is 2.86. The molecule has 2 nitrogen and oxygen atoms in total. The molecular formula is C2H3ClN2S2. The van der Waals surface area contributed by atoms with Gasteiger partial charge >= 0.3 is 0 Å². The normalized spacial score (nSPS) is 20.1. The van der Waals surface area contributed by atoms with Crippen molar-refractivity contribution in [2.75, 3.05) is 0 Å². The van der Waals surface area contributed by atoms with Crippen LogP contribution in [0.4, 0.5) is 0 Å². The SMILES string of the molecule is NC1=C(Cl)NSS1. The number of rotatable bonds is 0. The van der Waals surface area contributed by atoms with Gasteiger partial charge in [-0.1, -0.05) is 11.6 Å². The molecule has 0 spiro atoms. The molecule has 0 aromatic rings. The third-order valence-electron chi connectivity index (χ3n) is 0.479. The molecule has 1 rings (SSSR count). The molecule has 40 valence electrons. The van der Waals surface area contributed by atoms with Crippen LogP contribution < -0.4 is 10.5 Å². The highest BCUT2D eigenvalue weighted by atomic mass is 35.5. The molecule has 0 saturated heterocycles. The highest BCUT2D eigenvalue weighted by Gasteiger charge is 2.08. The minimum absolute atomic E-state index is 0.551.